The quantitative estimate of drug-likeness (QED) is 0.617. The smallest absolute Gasteiger partial charge is 0.262 e. The van der Waals surface area contributed by atoms with Crippen molar-refractivity contribution < 1.29 is 22.7 Å². The van der Waals surface area contributed by atoms with Crippen LogP contribution in [0, 0.1) is 0 Å². The molecule has 0 spiro atoms. The fourth-order valence-corrected chi connectivity index (χ4v) is 3.57. The van der Waals surface area contributed by atoms with E-state index >= 15 is 0 Å². The second-order valence-electron chi connectivity index (χ2n) is 5.58. The Kier molecular flexibility index (Phi) is 7.46. The van der Waals surface area contributed by atoms with Crippen LogP contribution < -0.4 is 14.8 Å². The van der Waals surface area contributed by atoms with Gasteiger partial charge in [-0.05, 0) is 42.8 Å². The van der Waals surface area contributed by atoms with Crippen LogP contribution in [-0.2, 0) is 14.8 Å². The topological polar surface area (TPSA) is 93.7 Å². The summed E-state index contributed by atoms with van der Waals surface area (Å²) in [6.07, 6.45) is 0.663. The molecule has 1 amide bonds. The van der Waals surface area contributed by atoms with Crippen LogP contribution in [0.15, 0.2) is 47.4 Å². The number of rotatable bonds is 9. The Bertz CT molecular complexity index is 902. The van der Waals surface area contributed by atoms with E-state index in [1.165, 1.54) is 31.4 Å². The van der Waals surface area contributed by atoms with Crippen LogP contribution in [-0.4, -0.2) is 41.7 Å². The van der Waals surface area contributed by atoms with E-state index in [2.05, 4.69) is 10.0 Å². The first-order valence-corrected chi connectivity index (χ1v) is 9.97. The van der Waals surface area contributed by atoms with E-state index in [0.717, 1.165) is 0 Å². The molecular formula is C18H21ClN2O5S. The maximum Gasteiger partial charge on any atom is 0.262 e. The third kappa shape index (κ3) is 5.85. The zero-order chi connectivity index (χ0) is 19.9. The molecule has 0 bridgehead atoms. The molecule has 0 radical (unpaired) electrons. The number of hydrogen-bond donors (Lipinski definition) is 2. The lowest BCUT2D eigenvalue weighted by atomic mass is 10.2. The van der Waals surface area contributed by atoms with Crippen LogP contribution >= 0.6 is 11.6 Å². The summed E-state index contributed by atoms with van der Waals surface area (Å²) < 4.78 is 37.9. The number of carbonyl (C=O) groups is 1. The minimum Gasteiger partial charge on any atom is -0.495 e. The summed E-state index contributed by atoms with van der Waals surface area (Å²) in [5.74, 6) is -0.0292. The highest BCUT2D eigenvalue weighted by Crippen LogP contribution is 2.29. The van der Waals surface area contributed by atoms with Crippen molar-refractivity contribution in [2.45, 2.75) is 11.3 Å². The van der Waals surface area contributed by atoms with Gasteiger partial charge in [-0.3, -0.25) is 9.52 Å². The fourth-order valence-electron chi connectivity index (χ4n) is 2.29. The molecule has 2 N–H and O–H groups in total. The van der Waals surface area contributed by atoms with Crippen molar-refractivity contribution in [1.82, 2.24) is 5.32 Å². The predicted octanol–water partition coefficient (Wildman–Crippen LogP) is 2.92. The highest BCUT2D eigenvalue weighted by Gasteiger charge is 2.18. The number of amides is 1. The molecule has 0 aliphatic carbocycles. The molecule has 0 saturated carbocycles. The highest BCUT2D eigenvalue weighted by atomic mass is 35.5. The average Bonchev–Trinajstić information content (AvgIpc) is 2.65. The van der Waals surface area contributed by atoms with Gasteiger partial charge in [0.15, 0.2) is 0 Å². The Morgan fingerprint density at radius 2 is 1.93 bits per heavy atom. The molecular weight excluding hydrogens is 392 g/mol. The van der Waals surface area contributed by atoms with Gasteiger partial charge in [-0.2, -0.15) is 0 Å². The Hall–Kier alpha value is -2.29. The van der Waals surface area contributed by atoms with Gasteiger partial charge < -0.3 is 14.8 Å². The van der Waals surface area contributed by atoms with E-state index in [-0.39, 0.29) is 22.1 Å². The van der Waals surface area contributed by atoms with Gasteiger partial charge in [0.1, 0.15) is 5.75 Å². The van der Waals surface area contributed by atoms with Crippen molar-refractivity contribution in [2.24, 2.45) is 0 Å². The summed E-state index contributed by atoms with van der Waals surface area (Å²) in [6, 6.07) is 10.4. The zero-order valence-electron chi connectivity index (χ0n) is 15.0. The zero-order valence-corrected chi connectivity index (χ0v) is 16.6. The molecule has 2 aromatic rings. The number of carbonyl (C=O) groups excluding carboxylic acids is 1. The van der Waals surface area contributed by atoms with Crippen molar-refractivity contribution in [3.8, 4) is 5.75 Å². The highest BCUT2D eigenvalue weighted by molar-refractivity contribution is 7.92. The third-order valence-corrected chi connectivity index (χ3v) is 5.22. The molecule has 9 heteroatoms. The normalized spacial score (nSPS) is 11.1. The standard InChI is InChI=1S/C18H21ClN2O5S/c1-25-10-4-9-20-18(22)13-5-3-6-15(11-13)27(23,24)21-16-12-14(19)7-8-17(16)26-2/h3,5-8,11-12,21H,4,9-10H2,1-2H3,(H,20,22). The number of ether oxygens (including phenoxy) is 2. The molecule has 27 heavy (non-hydrogen) atoms. The summed E-state index contributed by atoms with van der Waals surface area (Å²) in [7, 11) is -0.929. The van der Waals surface area contributed by atoms with Gasteiger partial charge in [0, 0.05) is 30.8 Å². The number of hydrogen-bond acceptors (Lipinski definition) is 5. The molecule has 0 unspecified atom stereocenters. The van der Waals surface area contributed by atoms with E-state index in [0.29, 0.717) is 30.3 Å². The van der Waals surface area contributed by atoms with Crippen LogP contribution in [0.5, 0.6) is 5.75 Å². The SMILES string of the molecule is COCCCNC(=O)c1cccc(S(=O)(=O)Nc2cc(Cl)ccc2OC)c1. The monoisotopic (exact) mass is 412 g/mol. The van der Waals surface area contributed by atoms with E-state index in [4.69, 9.17) is 21.1 Å². The second-order valence-corrected chi connectivity index (χ2v) is 7.70. The molecule has 146 valence electrons. The molecule has 0 aliphatic heterocycles. The molecule has 0 saturated heterocycles. The first-order valence-electron chi connectivity index (χ1n) is 8.11. The van der Waals surface area contributed by atoms with Crippen LogP contribution in [0.2, 0.25) is 5.02 Å². The van der Waals surface area contributed by atoms with Gasteiger partial charge in [-0.15, -0.1) is 0 Å². The predicted molar refractivity (Wildman–Crippen MR) is 104 cm³/mol. The summed E-state index contributed by atoms with van der Waals surface area (Å²) in [6.45, 7) is 0.960. The minimum atomic E-state index is -3.94. The lowest BCUT2D eigenvalue weighted by molar-refractivity contribution is 0.0948. The molecule has 0 aliphatic rings. The lowest BCUT2D eigenvalue weighted by Gasteiger charge is -2.13. The fraction of sp³-hybridized carbons (Fsp3) is 0.278. The number of anilines is 1. The molecule has 7 nitrogen and oxygen atoms in total. The Morgan fingerprint density at radius 3 is 2.63 bits per heavy atom. The number of halogens is 1. The molecule has 0 atom stereocenters. The van der Waals surface area contributed by atoms with Crippen LogP contribution in [0.3, 0.4) is 0 Å². The van der Waals surface area contributed by atoms with Crippen LogP contribution in [0.25, 0.3) is 0 Å². The number of benzene rings is 2. The first-order chi connectivity index (χ1) is 12.9. The summed E-state index contributed by atoms with van der Waals surface area (Å²) in [5.41, 5.74) is 0.452. The van der Waals surface area contributed by atoms with Gasteiger partial charge in [-0.25, -0.2) is 8.42 Å². The largest absolute Gasteiger partial charge is 0.495 e. The second kappa shape index (κ2) is 9.59. The summed E-state index contributed by atoms with van der Waals surface area (Å²) in [4.78, 5) is 12.1. The third-order valence-electron chi connectivity index (χ3n) is 3.62. The van der Waals surface area contributed by atoms with Gasteiger partial charge in [0.2, 0.25) is 0 Å². The molecule has 2 aromatic carbocycles. The van der Waals surface area contributed by atoms with Gasteiger partial charge >= 0.3 is 0 Å². The summed E-state index contributed by atoms with van der Waals surface area (Å²) >= 11 is 5.93. The van der Waals surface area contributed by atoms with Crippen molar-refractivity contribution in [3.05, 3.63) is 53.1 Å². The lowest BCUT2D eigenvalue weighted by Crippen LogP contribution is -2.25. The maximum atomic E-state index is 12.7. The Balaban J connectivity index is 2.19. The first kappa shape index (κ1) is 21.0. The van der Waals surface area contributed by atoms with Crippen molar-refractivity contribution in [1.29, 1.82) is 0 Å². The van der Waals surface area contributed by atoms with Crippen LogP contribution in [0.1, 0.15) is 16.8 Å². The van der Waals surface area contributed by atoms with Crippen molar-refractivity contribution in [3.63, 3.8) is 0 Å². The number of sulfonamides is 1. The van der Waals surface area contributed by atoms with Crippen LogP contribution in [0.4, 0.5) is 5.69 Å². The van der Waals surface area contributed by atoms with Gasteiger partial charge in [0.05, 0.1) is 17.7 Å². The Morgan fingerprint density at radius 1 is 1.15 bits per heavy atom. The average molecular weight is 413 g/mol. The molecule has 0 fully saturated rings. The Labute approximate surface area is 163 Å². The van der Waals surface area contributed by atoms with E-state index in [1.807, 2.05) is 0 Å². The summed E-state index contributed by atoms with van der Waals surface area (Å²) in [5, 5.41) is 3.08. The molecule has 0 aromatic heterocycles. The van der Waals surface area contributed by atoms with Gasteiger partial charge in [-0.1, -0.05) is 17.7 Å². The number of nitrogens with one attached hydrogen (secondary N) is 2. The van der Waals surface area contributed by atoms with E-state index in [9.17, 15) is 13.2 Å². The maximum absolute atomic E-state index is 12.7. The van der Waals surface area contributed by atoms with Gasteiger partial charge in [0.25, 0.3) is 15.9 Å². The van der Waals surface area contributed by atoms with E-state index < -0.39 is 10.0 Å². The molecule has 0 heterocycles. The minimum absolute atomic E-state index is 0.0472. The van der Waals surface area contributed by atoms with Crippen molar-refractivity contribution >= 4 is 33.2 Å². The van der Waals surface area contributed by atoms with E-state index in [1.54, 1.807) is 25.3 Å². The van der Waals surface area contributed by atoms with Crippen molar-refractivity contribution in [2.75, 3.05) is 32.1 Å². The number of methoxy groups -OCH3 is 2. The molecule has 2 rings (SSSR count).